The number of pyridine rings is 1. The molecule has 18 heavy (non-hydrogen) atoms. The van der Waals surface area contributed by atoms with Gasteiger partial charge in [-0.1, -0.05) is 30.3 Å². The van der Waals surface area contributed by atoms with Gasteiger partial charge in [0.05, 0.1) is 11.8 Å². The fourth-order valence-electron chi connectivity index (χ4n) is 1.62. The Kier molecular flexibility index (Phi) is 4.02. The van der Waals surface area contributed by atoms with Gasteiger partial charge in [-0.2, -0.15) is 0 Å². The van der Waals surface area contributed by atoms with Crippen molar-refractivity contribution in [3.8, 4) is 0 Å². The van der Waals surface area contributed by atoms with Crippen LogP contribution in [0.25, 0.3) is 0 Å². The summed E-state index contributed by atoms with van der Waals surface area (Å²) in [6.07, 6.45) is 3.15. The molecule has 0 aliphatic heterocycles. The number of rotatable bonds is 4. The first-order valence-electron chi connectivity index (χ1n) is 5.69. The summed E-state index contributed by atoms with van der Waals surface area (Å²) in [4.78, 5) is 15.3. The summed E-state index contributed by atoms with van der Waals surface area (Å²) < 4.78 is 13.3. The van der Waals surface area contributed by atoms with Crippen LogP contribution in [0.4, 0.5) is 4.39 Å². The van der Waals surface area contributed by atoms with E-state index < -0.39 is 11.7 Å². The van der Waals surface area contributed by atoms with Crippen LogP contribution >= 0.6 is 0 Å². The highest BCUT2D eigenvalue weighted by Gasteiger charge is 2.10. The molecule has 0 spiro atoms. The minimum atomic E-state index is -0.602. The minimum absolute atomic E-state index is 0.0260. The first-order valence-corrected chi connectivity index (χ1v) is 5.69. The topological polar surface area (TPSA) is 42.0 Å². The number of hydrogen-bond acceptors (Lipinski definition) is 2. The van der Waals surface area contributed by atoms with E-state index in [1.807, 2.05) is 30.3 Å². The number of carbonyl (C=O) groups excluding carboxylic acids is 1. The van der Waals surface area contributed by atoms with E-state index in [0.29, 0.717) is 6.54 Å². The first-order chi connectivity index (χ1) is 8.77. The lowest BCUT2D eigenvalue weighted by Crippen LogP contribution is -2.26. The van der Waals surface area contributed by atoms with Crippen LogP contribution in [-0.2, 0) is 6.42 Å². The van der Waals surface area contributed by atoms with Crippen molar-refractivity contribution in [2.24, 2.45) is 0 Å². The van der Waals surface area contributed by atoms with Crippen LogP contribution in [0, 0.1) is 5.82 Å². The van der Waals surface area contributed by atoms with Crippen molar-refractivity contribution in [2.45, 2.75) is 6.42 Å². The number of hydrogen-bond donors (Lipinski definition) is 1. The van der Waals surface area contributed by atoms with Crippen LogP contribution in [0.1, 0.15) is 15.9 Å². The Morgan fingerprint density at radius 1 is 1.22 bits per heavy atom. The van der Waals surface area contributed by atoms with E-state index in [4.69, 9.17) is 0 Å². The third kappa shape index (κ3) is 3.13. The summed E-state index contributed by atoms with van der Waals surface area (Å²) in [5.74, 6) is -1.01. The van der Waals surface area contributed by atoms with Crippen molar-refractivity contribution in [1.29, 1.82) is 0 Å². The summed E-state index contributed by atoms with van der Waals surface area (Å²) in [5, 5.41) is 2.68. The number of nitrogens with one attached hydrogen (secondary N) is 1. The molecular formula is C14H13FN2O. The molecule has 1 aromatic carbocycles. The van der Waals surface area contributed by atoms with E-state index in [-0.39, 0.29) is 5.56 Å². The van der Waals surface area contributed by atoms with Crippen molar-refractivity contribution < 1.29 is 9.18 Å². The Hall–Kier alpha value is -2.23. The molecule has 1 heterocycles. The molecule has 0 aliphatic rings. The first kappa shape index (κ1) is 12.2. The van der Waals surface area contributed by atoms with Gasteiger partial charge in [0, 0.05) is 12.7 Å². The molecule has 92 valence electrons. The number of aromatic nitrogens is 1. The molecule has 0 atom stereocenters. The fraction of sp³-hybridized carbons (Fsp3) is 0.143. The van der Waals surface area contributed by atoms with Gasteiger partial charge in [-0.3, -0.25) is 9.78 Å². The molecule has 0 aliphatic carbocycles. The summed E-state index contributed by atoms with van der Waals surface area (Å²) in [6.45, 7) is 0.477. The minimum Gasteiger partial charge on any atom is -0.352 e. The van der Waals surface area contributed by atoms with Crippen molar-refractivity contribution in [3.63, 3.8) is 0 Å². The van der Waals surface area contributed by atoms with Crippen LogP contribution in [-0.4, -0.2) is 17.4 Å². The molecule has 1 N–H and O–H groups in total. The van der Waals surface area contributed by atoms with Gasteiger partial charge < -0.3 is 5.32 Å². The van der Waals surface area contributed by atoms with E-state index in [1.54, 1.807) is 0 Å². The average Bonchev–Trinajstić information content (AvgIpc) is 2.40. The van der Waals surface area contributed by atoms with Gasteiger partial charge in [0.1, 0.15) is 0 Å². The lowest BCUT2D eigenvalue weighted by molar-refractivity contribution is 0.0950. The molecule has 0 bridgehead atoms. The fourth-order valence-corrected chi connectivity index (χ4v) is 1.62. The molecule has 1 amide bonds. The van der Waals surface area contributed by atoms with Crippen molar-refractivity contribution in [2.75, 3.05) is 6.54 Å². The molecule has 0 unspecified atom stereocenters. The van der Waals surface area contributed by atoms with Gasteiger partial charge in [0.25, 0.3) is 5.91 Å². The Bertz CT molecular complexity index is 528. The highest BCUT2D eigenvalue weighted by atomic mass is 19.1. The molecule has 2 aromatic rings. The second kappa shape index (κ2) is 5.91. The van der Waals surface area contributed by atoms with Gasteiger partial charge >= 0.3 is 0 Å². The number of benzene rings is 1. The molecule has 0 radical (unpaired) electrons. The third-order valence-electron chi connectivity index (χ3n) is 2.56. The summed E-state index contributed by atoms with van der Waals surface area (Å²) >= 11 is 0. The Morgan fingerprint density at radius 2 is 2.00 bits per heavy atom. The predicted octanol–water partition coefficient (Wildman–Crippen LogP) is 2.19. The van der Waals surface area contributed by atoms with E-state index in [0.717, 1.165) is 18.2 Å². The second-order valence-electron chi connectivity index (χ2n) is 3.85. The van der Waals surface area contributed by atoms with E-state index >= 15 is 0 Å². The largest absolute Gasteiger partial charge is 0.352 e. The maximum Gasteiger partial charge on any atom is 0.254 e. The van der Waals surface area contributed by atoms with Crippen LogP contribution < -0.4 is 5.32 Å². The maximum absolute atomic E-state index is 13.3. The van der Waals surface area contributed by atoms with Gasteiger partial charge in [-0.15, -0.1) is 0 Å². The monoisotopic (exact) mass is 244 g/mol. The predicted molar refractivity (Wildman–Crippen MR) is 66.7 cm³/mol. The number of carbonyl (C=O) groups is 1. The van der Waals surface area contributed by atoms with E-state index in [9.17, 15) is 9.18 Å². The lowest BCUT2D eigenvalue weighted by Gasteiger charge is -2.05. The van der Waals surface area contributed by atoms with Crippen molar-refractivity contribution >= 4 is 5.91 Å². The molecule has 4 heteroatoms. The van der Waals surface area contributed by atoms with Crippen molar-refractivity contribution in [3.05, 3.63) is 65.7 Å². The Balaban J connectivity index is 1.88. The average molecular weight is 244 g/mol. The standard InChI is InChI=1S/C14H13FN2O/c15-13-10-16-8-7-12(13)14(18)17-9-6-11-4-2-1-3-5-11/h1-5,7-8,10H,6,9H2,(H,17,18). The quantitative estimate of drug-likeness (QED) is 0.895. The zero-order valence-electron chi connectivity index (χ0n) is 9.77. The highest BCUT2D eigenvalue weighted by molar-refractivity contribution is 5.94. The van der Waals surface area contributed by atoms with Crippen LogP contribution in [0.3, 0.4) is 0 Å². The zero-order chi connectivity index (χ0) is 12.8. The van der Waals surface area contributed by atoms with Gasteiger partial charge in [-0.25, -0.2) is 4.39 Å². The molecule has 0 saturated carbocycles. The van der Waals surface area contributed by atoms with Crippen LogP contribution in [0.2, 0.25) is 0 Å². The van der Waals surface area contributed by atoms with Crippen molar-refractivity contribution in [1.82, 2.24) is 10.3 Å². The number of amides is 1. The molecule has 0 fully saturated rings. The summed E-state index contributed by atoms with van der Waals surface area (Å²) in [5.41, 5.74) is 1.16. The highest BCUT2D eigenvalue weighted by Crippen LogP contribution is 2.04. The van der Waals surface area contributed by atoms with Crippen LogP contribution in [0.5, 0.6) is 0 Å². The van der Waals surface area contributed by atoms with Gasteiger partial charge in [-0.05, 0) is 18.1 Å². The van der Waals surface area contributed by atoms with Crippen LogP contribution in [0.15, 0.2) is 48.8 Å². The van der Waals surface area contributed by atoms with E-state index in [2.05, 4.69) is 10.3 Å². The molecule has 1 aromatic heterocycles. The number of halogens is 1. The molecular weight excluding hydrogens is 231 g/mol. The zero-order valence-corrected chi connectivity index (χ0v) is 9.77. The van der Waals surface area contributed by atoms with Gasteiger partial charge in [0.2, 0.25) is 0 Å². The smallest absolute Gasteiger partial charge is 0.254 e. The Labute approximate surface area is 105 Å². The SMILES string of the molecule is O=C(NCCc1ccccc1)c1ccncc1F. The third-order valence-corrected chi connectivity index (χ3v) is 2.56. The normalized spacial score (nSPS) is 10.1. The Morgan fingerprint density at radius 3 is 2.72 bits per heavy atom. The van der Waals surface area contributed by atoms with E-state index in [1.165, 1.54) is 12.3 Å². The van der Waals surface area contributed by atoms with Gasteiger partial charge in [0.15, 0.2) is 5.82 Å². The maximum atomic E-state index is 13.3. The lowest BCUT2D eigenvalue weighted by atomic mass is 10.1. The number of nitrogens with zero attached hydrogens (tertiary/aromatic N) is 1. The molecule has 0 saturated heterocycles. The molecule has 3 nitrogen and oxygen atoms in total. The molecule has 2 rings (SSSR count). The second-order valence-corrected chi connectivity index (χ2v) is 3.85. The summed E-state index contributed by atoms with van der Waals surface area (Å²) in [7, 11) is 0. The summed E-state index contributed by atoms with van der Waals surface area (Å²) in [6, 6.07) is 11.2.